The lowest BCUT2D eigenvalue weighted by Gasteiger charge is -2.19. The predicted molar refractivity (Wildman–Crippen MR) is 37.4 cm³/mol. The van der Waals surface area contributed by atoms with Crippen molar-refractivity contribution >= 4 is 12.6 Å². The molecule has 0 unspecified atom stereocenters. The van der Waals surface area contributed by atoms with Crippen molar-refractivity contribution in [1.29, 1.82) is 0 Å². The maximum absolute atomic E-state index is 5.17. The molecule has 0 aliphatic carbocycles. The molecule has 0 bridgehead atoms. The van der Waals surface area contributed by atoms with Gasteiger partial charge < -0.3 is 4.74 Å². The number of hydrogen-bond donors (Lipinski definition) is 1. The van der Waals surface area contributed by atoms with Gasteiger partial charge >= 0.3 is 0 Å². The Kier molecular flexibility index (Phi) is 2.70. The van der Waals surface area contributed by atoms with Crippen molar-refractivity contribution < 1.29 is 4.74 Å². The van der Waals surface area contributed by atoms with Crippen LogP contribution in [-0.2, 0) is 4.74 Å². The lowest BCUT2D eigenvalue weighted by molar-refractivity contribution is 0.0729. The predicted octanol–water partition coefficient (Wildman–Crippen LogP) is 1.34. The van der Waals surface area contributed by atoms with Crippen molar-refractivity contribution in [2.24, 2.45) is 5.92 Å². The van der Waals surface area contributed by atoms with E-state index in [0.29, 0.717) is 0 Å². The molecule has 1 aliphatic heterocycles. The Morgan fingerprint density at radius 1 is 1.38 bits per heavy atom. The average Bonchev–Trinajstić information content (AvgIpc) is 1.90. The largest absolute Gasteiger partial charge is 0.381 e. The van der Waals surface area contributed by atoms with Gasteiger partial charge in [-0.25, -0.2) is 0 Å². The third kappa shape index (κ3) is 1.67. The highest BCUT2D eigenvalue weighted by molar-refractivity contribution is 7.80. The van der Waals surface area contributed by atoms with Gasteiger partial charge in [-0.3, -0.25) is 0 Å². The van der Waals surface area contributed by atoms with Crippen LogP contribution < -0.4 is 0 Å². The maximum Gasteiger partial charge on any atom is 0.0468 e. The number of hydrogen-bond acceptors (Lipinski definition) is 2. The van der Waals surface area contributed by atoms with E-state index in [2.05, 4.69) is 12.6 Å². The Hall–Kier alpha value is 0.310. The normalized spacial score (nSPS) is 23.6. The minimum atomic E-state index is 0.826. The molecule has 0 spiro atoms. The van der Waals surface area contributed by atoms with Crippen LogP contribution in [0, 0.1) is 5.92 Å². The van der Waals surface area contributed by atoms with Gasteiger partial charge in [-0.05, 0) is 24.5 Å². The second kappa shape index (κ2) is 3.36. The summed E-state index contributed by atoms with van der Waals surface area (Å²) in [5.74, 6) is 1.86. The van der Waals surface area contributed by atoms with Crippen LogP contribution in [0.5, 0.6) is 0 Å². The highest BCUT2D eigenvalue weighted by Crippen LogP contribution is 2.14. The molecule has 1 heterocycles. The molecular weight excluding hydrogens is 120 g/mol. The number of ether oxygens (including phenoxy) is 1. The molecule has 8 heavy (non-hydrogen) atoms. The maximum atomic E-state index is 5.17. The summed E-state index contributed by atoms with van der Waals surface area (Å²) in [6.07, 6.45) is 2.42. The molecule has 1 fully saturated rings. The summed E-state index contributed by atoms with van der Waals surface area (Å²) < 4.78 is 5.17. The van der Waals surface area contributed by atoms with Crippen LogP contribution >= 0.6 is 12.6 Å². The van der Waals surface area contributed by atoms with Gasteiger partial charge in [0.15, 0.2) is 0 Å². The Morgan fingerprint density at radius 2 is 2.00 bits per heavy atom. The van der Waals surface area contributed by atoms with E-state index < -0.39 is 0 Å². The van der Waals surface area contributed by atoms with E-state index in [4.69, 9.17) is 4.74 Å². The van der Waals surface area contributed by atoms with E-state index in [1.807, 2.05) is 0 Å². The Balaban J connectivity index is 2.13. The van der Waals surface area contributed by atoms with Crippen molar-refractivity contribution in [3.05, 3.63) is 0 Å². The summed E-state index contributed by atoms with van der Waals surface area (Å²) in [4.78, 5) is 0. The fraction of sp³-hybridized carbons (Fsp3) is 1.00. The topological polar surface area (TPSA) is 9.23 Å². The van der Waals surface area contributed by atoms with Crippen molar-refractivity contribution in [3.8, 4) is 0 Å². The molecule has 2 heteroatoms. The first-order valence-electron chi connectivity index (χ1n) is 3.12. The first kappa shape index (κ1) is 6.43. The highest BCUT2D eigenvalue weighted by Gasteiger charge is 2.10. The van der Waals surface area contributed by atoms with Gasteiger partial charge in [0.1, 0.15) is 0 Å². The Bertz CT molecular complexity index is 59.5. The molecule has 1 aliphatic rings. The highest BCUT2D eigenvalue weighted by atomic mass is 32.1. The standard InChI is InChI=1S/C6H12OS/c8-5-6-1-3-7-4-2-6/h6,8H,1-5H2. The van der Waals surface area contributed by atoms with Crippen LogP contribution in [0.3, 0.4) is 0 Å². The van der Waals surface area contributed by atoms with Gasteiger partial charge in [0.2, 0.25) is 0 Å². The fourth-order valence-corrected chi connectivity index (χ4v) is 1.29. The smallest absolute Gasteiger partial charge is 0.0468 e. The molecule has 0 atom stereocenters. The molecule has 0 aromatic rings. The third-order valence-corrected chi connectivity index (χ3v) is 2.12. The number of thiol groups is 1. The van der Waals surface area contributed by atoms with Gasteiger partial charge in [-0.2, -0.15) is 12.6 Å². The first-order chi connectivity index (χ1) is 3.93. The van der Waals surface area contributed by atoms with Crippen molar-refractivity contribution in [2.45, 2.75) is 12.8 Å². The zero-order valence-corrected chi connectivity index (χ0v) is 5.86. The molecule has 1 rings (SSSR count). The van der Waals surface area contributed by atoms with Crippen molar-refractivity contribution in [1.82, 2.24) is 0 Å². The summed E-state index contributed by atoms with van der Waals surface area (Å²) in [7, 11) is 0. The summed E-state index contributed by atoms with van der Waals surface area (Å²) in [5.41, 5.74) is 0. The van der Waals surface area contributed by atoms with Crippen LogP contribution in [0.4, 0.5) is 0 Å². The lowest BCUT2D eigenvalue weighted by atomic mass is 10.0. The molecule has 48 valence electrons. The van der Waals surface area contributed by atoms with Gasteiger partial charge in [0.05, 0.1) is 0 Å². The van der Waals surface area contributed by atoms with E-state index in [9.17, 15) is 0 Å². The molecule has 0 radical (unpaired) electrons. The van der Waals surface area contributed by atoms with E-state index in [1.54, 1.807) is 0 Å². The quantitative estimate of drug-likeness (QED) is 0.530. The van der Waals surface area contributed by atoms with Crippen LogP contribution in [0.15, 0.2) is 0 Å². The summed E-state index contributed by atoms with van der Waals surface area (Å²) in [6.45, 7) is 1.90. The summed E-state index contributed by atoms with van der Waals surface area (Å²) in [6, 6.07) is 0. The lowest BCUT2D eigenvalue weighted by Crippen LogP contribution is -2.16. The monoisotopic (exact) mass is 132 g/mol. The number of rotatable bonds is 1. The Morgan fingerprint density at radius 3 is 2.38 bits per heavy atom. The second-order valence-corrected chi connectivity index (χ2v) is 2.60. The third-order valence-electron chi connectivity index (χ3n) is 1.60. The minimum absolute atomic E-state index is 0.826. The molecule has 1 saturated heterocycles. The van der Waals surface area contributed by atoms with E-state index in [-0.39, 0.29) is 0 Å². The first-order valence-corrected chi connectivity index (χ1v) is 3.75. The molecule has 0 aromatic heterocycles. The molecular formula is C6H12OS. The summed E-state index contributed by atoms with van der Waals surface area (Å²) in [5, 5.41) is 0. The molecule has 0 N–H and O–H groups in total. The van der Waals surface area contributed by atoms with Crippen LogP contribution in [0.1, 0.15) is 12.8 Å². The van der Waals surface area contributed by atoms with Gasteiger partial charge in [0.25, 0.3) is 0 Å². The second-order valence-electron chi connectivity index (χ2n) is 2.24. The Labute approximate surface area is 55.8 Å². The summed E-state index contributed by atoms with van der Waals surface area (Å²) >= 11 is 4.21. The fourth-order valence-electron chi connectivity index (χ4n) is 0.929. The average molecular weight is 132 g/mol. The van der Waals surface area contributed by atoms with Crippen LogP contribution in [-0.4, -0.2) is 19.0 Å². The van der Waals surface area contributed by atoms with E-state index in [1.165, 1.54) is 12.8 Å². The van der Waals surface area contributed by atoms with Crippen LogP contribution in [0.2, 0.25) is 0 Å². The molecule has 0 aromatic carbocycles. The van der Waals surface area contributed by atoms with Gasteiger partial charge in [0, 0.05) is 13.2 Å². The molecule has 0 saturated carbocycles. The van der Waals surface area contributed by atoms with E-state index in [0.717, 1.165) is 24.9 Å². The van der Waals surface area contributed by atoms with E-state index >= 15 is 0 Å². The zero-order valence-electron chi connectivity index (χ0n) is 4.97. The van der Waals surface area contributed by atoms with Crippen molar-refractivity contribution in [3.63, 3.8) is 0 Å². The van der Waals surface area contributed by atoms with Crippen molar-refractivity contribution in [2.75, 3.05) is 19.0 Å². The SMILES string of the molecule is SCC1CCOCC1. The van der Waals surface area contributed by atoms with Gasteiger partial charge in [-0.15, -0.1) is 0 Å². The minimum Gasteiger partial charge on any atom is -0.381 e. The van der Waals surface area contributed by atoms with Crippen LogP contribution in [0.25, 0.3) is 0 Å². The molecule has 1 nitrogen and oxygen atoms in total. The zero-order chi connectivity index (χ0) is 5.82. The van der Waals surface area contributed by atoms with Gasteiger partial charge in [-0.1, -0.05) is 0 Å². The molecule has 0 amide bonds.